The molecule has 2 unspecified atom stereocenters. The third-order valence-electron chi connectivity index (χ3n) is 3.07. The molecule has 0 aromatic heterocycles. The Morgan fingerprint density at radius 1 is 1.18 bits per heavy atom. The van der Waals surface area contributed by atoms with Crippen LogP contribution < -0.4 is 0 Å². The summed E-state index contributed by atoms with van der Waals surface area (Å²) < 4.78 is 5.49. The highest BCUT2D eigenvalue weighted by molar-refractivity contribution is 5.70. The van der Waals surface area contributed by atoms with Crippen LogP contribution in [0.2, 0.25) is 0 Å². The maximum atomic E-state index is 12.2. The topological polar surface area (TPSA) is 29.5 Å². The Hall–Kier alpha value is -1.25. The molecule has 2 aliphatic rings. The van der Waals surface area contributed by atoms with E-state index in [1.54, 1.807) is 0 Å². The maximum absolute atomic E-state index is 12.2. The van der Waals surface area contributed by atoms with Crippen LogP contribution in [-0.2, 0) is 4.74 Å². The second kappa shape index (κ2) is 4.55. The minimum absolute atomic E-state index is 0.169. The van der Waals surface area contributed by atoms with Crippen LogP contribution in [0.1, 0.15) is 40.0 Å². The van der Waals surface area contributed by atoms with Crippen molar-refractivity contribution in [3.8, 4) is 0 Å². The summed E-state index contributed by atoms with van der Waals surface area (Å²) in [7, 11) is 0. The number of rotatable bonds is 0. The molecular formula is C14H21NO2. The second-order valence-corrected chi connectivity index (χ2v) is 5.72. The molecule has 2 heterocycles. The summed E-state index contributed by atoms with van der Waals surface area (Å²) in [5.74, 6) is 0. The minimum atomic E-state index is -0.422. The van der Waals surface area contributed by atoms with Gasteiger partial charge in [-0.3, -0.25) is 4.90 Å². The first-order valence-corrected chi connectivity index (χ1v) is 6.30. The van der Waals surface area contributed by atoms with E-state index in [-0.39, 0.29) is 18.2 Å². The van der Waals surface area contributed by atoms with Crippen LogP contribution in [0, 0.1) is 0 Å². The summed E-state index contributed by atoms with van der Waals surface area (Å²) in [4.78, 5) is 14.1. The quantitative estimate of drug-likeness (QED) is 0.603. The van der Waals surface area contributed by atoms with E-state index in [0.717, 1.165) is 19.3 Å². The lowest BCUT2D eigenvalue weighted by molar-refractivity contribution is 0.00940. The third kappa shape index (κ3) is 2.90. The monoisotopic (exact) mass is 235 g/mol. The van der Waals surface area contributed by atoms with E-state index in [0.29, 0.717) is 0 Å². The number of carbonyl (C=O) groups is 1. The number of fused-ring (bicyclic) bond motifs is 2. The molecule has 3 heteroatoms. The summed E-state index contributed by atoms with van der Waals surface area (Å²) in [6.45, 7) is 5.73. The van der Waals surface area contributed by atoms with Gasteiger partial charge in [0, 0.05) is 6.04 Å². The summed E-state index contributed by atoms with van der Waals surface area (Å²) >= 11 is 0. The van der Waals surface area contributed by atoms with Gasteiger partial charge in [-0.05, 0) is 40.0 Å². The Morgan fingerprint density at radius 3 is 2.53 bits per heavy atom. The molecule has 0 radical (unpaired) electrons. The average molecular weight is 235 g/mol. The standard InChI is InChI=1S/C14H21NO2/c1-14(2,3)17-13(16)15-11-7-4-5-8-12(15)10-6-9-11/h4-6,9,11-12H,7-8,10H2,1-3H3. The lowest BCUT2D eigenvalue weighted by Gasteiger charge is -2.38. The molecule has 1 amide bonds. The molecule has 0 saturated carbocycles. The molecule has 0 aromatic carbocycles. The summed E-state index contributed by atoms with van der Waals surface area (Å²) in [6, 6.07) is 0.431. The van der Waals surface area contributed by atoms with Crippen LogP contribution in [0.5, 0.6) is 0 Å². The van der Waals surface area contributed by atoms with Gasteiger partial charge in [0.1, 0.15) is 5.60 Å². The lowest BCUT2D eigenvalue weighted by atomic mass is 10.0. The summed E-state index contributed by atoms with van der Waals surface area (Å²) in [6.07, 6.45) is 11.2. The first kappa shape index (κ1) is 12.2. The van der Waals surface area contributed by atoms with Gasteiger partial charge in [-0.2, -0.15) is 0 Å². The SMILES string of the molecule is CC(C)(C)OC(=O)N1C2C=CCC1CC=CC2. The molecule has 0 aromatic rings. The van der Waals surface area contributed by atoms with Gasteiger partial charge in [-0.25, -0.2) is 4.79 Å². The van der Waals surface area contributed by atoms with Gasteiger partial charge in [0.15, 0.2) is 0 Å². The predicted octanol–water partition coefficient (Wildman–Crippen LogP) is 3.27. The van der Waals surface area contributed by atoms with E-state index in [1.807, 2.05) is 25.7 Å². The number of ether oxygens (including phenoxy) is 1. The smallest absolute Gasteiger partial charge is 0.411 e. The van der Waals surface area contributed by atoms with Crippen molar-refractivity contribution in [2.24, 2.45) is 0 Å². The van der Waals surface area contributed by atoms with Gasteiger partial charge in [0.05, 0.1) is 6.04 Å². The molecule has 2 aliphatic heterocycles. The predicted molar refractivity (Wildman–Crippen MR) is 67.8 cm³/mol. The molecule has 0 N–H and O–H groups in total. The van der Waals surface area contributed by atoms with Crippen molar-refractivity contribution in [2.75, 3.05) is 0 Å². The van der Waals surface area contributed by atoms with Crippen molar-refractivity contribution in [3.63, 3.8) is 0 Å². The number of nitrogens with zero attached hydrogens (tertiary/aromatic N) is 1. The van der Waals surface area contributed by atoms with Crippen molar-refractivity contribution in [1.29, 1.82) is 0 Å². The second-order valence-electron chi connectivity index (χ2n) is 5.72. The molecule has 2 bridgehead atoms. The molecule has 0 saturated heterocycles. The van der Waals surface area contributed by atoms with Crippen LogP contribution in [0.25, 0.3) is 0 Å². The lowest BCUT2D eigenvalue weighted by Crippen LogP contribution is -2.49. The largest absolute Gasteiger partial charge is 0.444 e. The molecule has 2 rings (SSSR count). The zero-order valence-corrected chi connectivity index (χ0v) is 10.8. The van der Waals surface area contributed by atoms with Gasteiger partial charge < -0.3 is 4.74 Å². The number of carbonyl (C=O) groups excluding carboxylic acids is 1. The van der Waals surface area contributed by atoms with Crippen LogP contribution in [0.3, 0.4) is 0 Å². The number of hydrogen-bond donors (Lipinski definition) is 0. The zero-order chi connectivity index (χ0) is 12.5. The normalized spacial score (nSPS) is 27.8. The fourth-order valence-corrected chi connectivity index (χ4v) is 2.36. The molecule has 17 heavy (non-hydrogen) atoms. The molecule has 0 aliphatic carbocycles. The van der Waals surface area contributed by atoms with Crippen molar-refractivity contribution < 1.29 is 9.53 Å². The highest BCUT2D eigenvalue weighted by Gasteiger charge is 2.34. The number of hydrogen-bond acceptors (Lipinski definition) is 2. The van der Waals surface area contributed by atoms with Gasteiger partial charge in [0.2, 0.25) is 0 Å². The van der Waals surface area contributed by atoms with Crippen LogP contribution in [0.15, 0.2) is 24.3 Å². The Bertz CT molecular complexity index is 352. The van der Waals surface area contributed by atoms with E-state index < -0.39 is 5.60 Å². The molecule has 0 spiro atoms. The zero-order valence-electron chi connectivity index (χ0n) is 10.8. The van der Waals surface area contributed by atoms with Gasteiger partial charge in [0.25, 0.3) is 0 Å². The summed E-state index contributed by atoms with van der Waals surface area (Å²) in [5.41, 5.74) is -0.422. The average Bonchev–Trinajstić information content (AvgIpc) is 2.32. The Balaban J connectivity index is 2.14. The fourth-order valence-electron chi connectivity index (χ4n) is 2.36. The van der Waals surface area contributed by atoms with E-state index in [4.69, 9.17) is 4.74 Å². The van der Waals surface area contributed by atoms with Gasteiger partial charge >= 0.3 is 6.09 Å². The van der Waals surface area contributed by atoms with Crippen molar-refractivity contribution in [1.82, 2.24) is 4.90 Å². The molecule has 3 nitrogen and oxygen atoms in total. The highest BCUT2D eigenvalue weighted by Crippen LogP contribution is 2.27. The highest BCUT2D eigenvalue weighted by atomic mass is 16.6. The first-order chi connectivity index (χ1) is 7.97. The third-order valence-corrected chi connectivity index (χ3v) is 3.07. The van der Waals surface area contributed by atoms with Gasteiger partial charge in [-0.1, -0.05) is 24.3 Å². The van der Waals surface area contributed by atoms with Crippen molar-refractivity contribution in [3.05, 3.63) is 24.3 Å². The Labute approximate surface area is 103 Å². The van der Waals surface area contributed by atoms with Crippen molar-refractivity contribution >= 4 is 6.09 Å². The van der Waals surface area contributed by atoms with E-state index in [2.05, 4.69) is 24.3 Å². The van der Waals surface area contributed by atoms with E-state index >= 15 is 0 Å². The Morgan fingerprint density at radius 2 is 1.82 bits per heavy atom. The Kier molecular flexibility index (Phi) is 3.27. The molecular weight excluding hydrogens is 214 g/mol. The number of amides is 1. The fraction of sp³-hybridized carbons (Fsp3) is 0.643. The van der Waals surface area contributed by atoms with Crippen molar-refractivity contribution in [2.45, 2.75) is 57.7 Å². The maximum Gasteiger partial charge on any atom is 0.411 e. The van der Waals surface area contributed by atoms with Crippen LogP contribution >= 0.6 is 0 Å². The van der Waals surface area contributed by atoms with Crippen LogP contribution in [-0.4, -0.2) is 28.7 Å². The summed E-state index contributed by atoms with van der Waals surface area (Å²) in [5, 5.41) is 0. The molecule has 94 valence electrons. The molecule has 0 fully saturated rings. The first-order valence-electron chi connectivity index (χ1n) is 6.30. The van der Waals surface area contributed by atoms with E-state index in [1.165, 1.54) is 0 Å². The molecule has 2 atom stereocenters. The van der Waals surface area contributed by atoms with Crippen LogP contribution in [0.4, 0.5) is 4.79 Å². The van der Waals surface area contributed by atoms with E-state index in [9.17, 15) is 4.79 Å². The van der Waals surface area contributed by atoms with Gasteiger partial charge in [-0.15, -0.1) is 0 Å². The minimum Gasteiger partial charge on any atom is -0.444 e.